The summed E-state index contributed by atoms with van der Waals surface area (Å²) < 4.78 is 1.26. The summed E-state index contributed by atoms with van der Waals surface area (Å²) in [6.45, 7) is 0. The van der Waals surface area contributed by atoms with Crippen LogP contribution in [0.3, 0.4) is 0 Å². The average molecular weight is 260 g/mol. The summed E-state index contributed by atoms with van der Waals surface area (Å²) >= 11 is 1.72. The van der Waals surface area contributed by atoms with Crippen LogP contribution < -0.4 is 5.73 Å². The maximum absolute atomic E-state index is 11.9. The van der Waals surface area contributed by atoms with E-state index in [0.717, 1.165) is 6.42 Å². The number of nitrogens with zero attached hydrogens (tertiary/aromatic N) is 1. The molecule has 0 bridgehead atoms. The van der Waals surface area contributed by atoms with Gasteiger partial charge in [-0.3, -0.25) is 4.79 Å². The highest BCUT2D eigenvalue weighted by Gasteiger charge is 2.33. The van der Waals surface area contributed by atoms with Gasteiger partial charge in [0.15, 0.2) is 0 Å². The monoisotopic (exact) mass is 260 g/mol. The van der Waals surface area contributed by atoms with Gasteiger partial charge < -0.3 is 10.6 Å². The number of fused-ring (bicyclic) bond motifs is 1. The van der Waals surface area contributed by atoms with E-state index in [-0.39, 0.29) is 18.0 Å². The highest BCUT2D eigenvalue weighted by Crippen LogP contribution is 2.37. The van der Waals surface area contributed by atoms with Gasteiger partial charge in [0.25, 0.3) is 0 Å². The van der Waals surface area contributed by atoms with Gasteiger partial charge in [0.2, 0.25) is 5.91 Å². The number of thiophene rings is 1. The molecule has 2 aromatic rings. The van der Waals surface area contributed by atoms with Gasteiger partial charge in [0.05, 0.1) is 6.04 Å². The van der Waals surface area contributed by atoms with Crippen molar-refractivity contribution in [3.05, 3.63) is 35.2 Å². The molecule has 2 heterocycles. The number of rotatable bonds is 1. The van der Waals surface area contributed by atoms with Gasteiger partial charge in [0.1, 0.15) is 0 Å². The Morgan fingerprint density at radius 3 is 3.00 bits per heavy atom. The second-order valence-corrected chi connectivity index (χ2v) is 5.75. The van der Waals surface area contributed by atoms with Crippen molar-refractivity contribution in [3.8, 4) is 0 Å². The third kappa shape index (κ3) is 1.72. The fraction of sp³-hybridized carbons (Fsp3) is 0.357. The maximum atomic E-state index is 11.9. The van der Waals surface area contributed by atoms with Crippen molar-refractivity contribution in [1.82, 2.24) is 4.90 Å². The molecule has 3 rings (SSSR count). The number of likely N-dealkylation sites (N-methyl/N-ethyl adjacent to an activating group) is 1. The molecule has 1 aromatic carbocycles. The first-order valence-corrected chi connectivity index (χ1v) is 7.04. The standard InChI is InChI=1S/C14H16N2OS/c1-16-13(17)7-6-11(15)14(16)10-8-18-12-5-3-2-4-9(10)12/h2-5,8,11,14H,6-7,15H2,1H3. The van der Waals surface area contributed by atoms with E-state index in [1.807, 2.05) is 24.1 Å². The smallest absolute Gasteiger partial charge is 0.222 e. The zero-order chi connectivity index (χ0) is 12.7. The molecule has 1 aromatic heterocycles. The number of benzene rings is 1. The lowest BCUT2D eigenvalue weighted by atomic mass is 9.91. The van der Waals surface area contributed by atoms with Gasteiger partial charge in [-0.05, 0) is 28.8 Å². The first kappa shape index (κ1) is 11.7. The number of piperidine rings is 1. The summed E-state index contributed by atoms with van der Waals surface area (Å²) in [6.07, 6.45) is 1.34. The van der Waals surface area contributed by atoms with Crippen molar-refractivity contribution in [2.45, 2.75) is 24.9 Å². The van der Waals surface area contributed by atoms with Crippen molar-refractivity contribution < 1.29 is 4.79 Å². The predicted octanol–water partition coefficient (Wildman–Crippen LogP) is 2.52. The van der Waals surface area contributed by atoms with Crippen LogP contribution in [-0.2, 0) is 4.79 Å². The number of nitrogens with two attached hydrogens (primary N) is 1. The van der Waals surface area contributed by atoms with Crippen molar-refractivity contribution >= 4 is 27.3 Å². The molecule has 0 aliphatic carbocycles. The van der Waals surface area contributed by atoms with Gasteiger partial charge in [-0.1, -0.05) is 18.2 Å². The molecule has 3 nitrogen and oxygen atoms in total. The normalized spacial score (nSPS) is 24.8. The zero-order valence-electron chi connectivity index (χ0n) is 10.3. The molecule has 94 valence electrons. The van der Waals surface area contributed by atoms with Crippen LogP contribution in [0.4, 0.5) is 0 Å². The molecule has 1 fully saturated rings. The Balaban J connectivity index is 2.09. The lowest BCUT2D eigenvalue weighted by Crippen LogP contribution is -2.46. The SMILES string of the molecule is CN1C(=O)CCC(N)C1c1csc2ccccc12. The highest BCUT2D eigenvalue weighted by molar-refractivity contribution is 7.17. The number of carbonyl (C=O) groups is 1. The molecule has 1 amide bonds. The Hall–Kier alpha value is -1.39. The highest BCUT2D eigenvalue weighted by atomic mass is 32.1. The lowest BCUT2D eigenvalue weighted by molar-refractivity contribution is -0.135. The molecule has 1 aliphatic heterocycles. The van der Waals surface area contributed by atoms with Crippen LogP contribution in [0.15, 0.2) is 29.6 Å². The second kappa shape index (κ2) is 4.37. The van der Waals surface area contributed by atoms with Crippen LogP contribution in [0.1, 0.15) is 24.4 Å². The fourth-order valence-corrected chi connectivity index (χ4v) is 3.72. The first-order valence-electron chi connectivity index (χ1n) is 6.16. The molecular formula is C14H16N2OS. The van der Waals surface area contributed by atoms with E-state index in [2.05, 4.69) is 17.5 Å². The molecule has 2 atom stereocenters. The number of hydrogen-bond donors (Lipinski definition) is 1. The summed E-state index contributed by atoms with van der Waals surface area (Å²) in [5.41, 5.74) is 7.42. The Kier molecular flexibility index (Phi) is 2.84. The molecule has 0 spiro atoms. The Morgan fingerprint density at radius 2 is 2.17 bits per heavy atom. The van der Waals surface area contributed by atoms with Crippen LogP contribution in [-0.4, -0.2) is 23.9 Å². The molecule has 1 aliphatic rings. The second-order valence-electron chi connectivity index (χ2n) is 4.84. The van der Waals surface area contributed by atoms with E-state index in [9.17, 15) is 4.79 Å². The fourth-order valence-electron chi connectivity index (χ4n) is 2.73. The van der Waals surface area contributed by atoms with E-state index in [1.54, 1.807) is 11.3 Å². The largest absolute Gasteiger partial charge is 0.337 e. The predicted molar refractivity (Wildman–Crippen MR) is 74.5 cm³/mol. The summed E-state index contributed by atoms with van der Waals surface area (Å²) in [4.78, 5) is 13.7. The van der Waals surface area contributed by atoms with E-state index in [4.69, 9.17) is 5.73 Å². The lowest BCUT2D eigenvalue weighted by Gasteiger charge is -2.37. The topological polar surface area (TPSA) is 46.3 Å². The van der Waals surface area contributed by atoms with Gasteiger partial charge in [-0.2, -0.15) is 0 Å². The van der Waals surface area contributed by atoms with Crippen LogP contribution in [0, 0.1) is 0 Å². The number of hydrogen-bond acceptors (Lipinski definition) is 3. The van der Waals surface area contributed by atoms with Gasteiger partial charge >= 0.3 is 0 Å². The van der Waals surface area contributed by atoms with Crippen molar-refractivity contribution in [2.75, 3.05) is 7.05 Å². The van der Waals surface area contributed by atoms with Crippen molar-refractivity contribution in [3.63, 3.8) is 0 Å². The van der Waals surface area contributed by atoms with Crippen LogP contribution in [0.5, 0.6) is 0 Å². The first-order chi connectivity index (χ1) is 8.68. The molecule has 2 unspecified atom stereocenters. The van der Waals surface area contributed by atoms with Gasteiger partial charge in [0, 0.05) is 24.2 Å². The van der Waals surface area contributed by atoms with Gasteiger partial charge in [-0.25, -0.2) is 0 Å². The average Bonchev–Trinajstić information content (AvgIpc) is 2.79. The molecule has 0 saturated carbocycles. The number of amides is 1. The zero-order valence-corrected chi connectivity index (χ0v) is 11.1. The Morgan fingerprint density at radius 1 is 1.39 bits per heavy atom. The third-order valence-corrected chi connectivity index (χ3v) is 4.72. The molecular weight excluding hydrogens is 244 g/mol. The van der Waals surface area contributed by atoms with Crippen LogP contribution in [0.25, 0.3) is 10.1 Å². The van der Waals surface area contributed by atoms with E-state index in [0.29, 0.717) is 6.42 Å². The molecule has 0 radical (unpaired) electrons. The van der Waals surface area contributed by atoms with E-state index < -0.39 is 0 Å². The summed E-state index contributed by atoms with van der Waals surface area (Å²) in [7, 11) is 1.86. The third-order valence-electron chi connectivity index (χ3n) is 3.74. The summed E-state index contributed by atoms with van der Waals surface area (Å²) in [5.74, 6) is 0.192. The quantitative estimate of drug-likeness (QED) is 0.856. The molecule has 4 heteroatoms. The van der Waals surface area contributed by atoms with E-state index >= 15 is 0 Å². The summed E-state index contributed by atoms with van der Waals surface area (Å²) in [5, 5.41) is 3.37. The number of carbonyl (C=O) groups excluding carboxylic acids is 1. The van der Waals surface area contributed by atoms with Crippen LogP contribution in [0.2, 0.25) is 0 Å². The maximum Gasteiger partial charge on any atom is 0.222 e. The van der Waals surface area contributed by atoms with Crippen molar-refractivity contribution in [2.24, 2.45) is 5.73 Å². The Labute approximate surface area is 110 Å². The summed E-state index contributed by atoms with van der Waals surface area (Å²) in [6, 6.07) is 8.35. The molecule has 2 N–H and O–H groups in total. The minimum atomic E-state index is 0.0161. The van der Waals surface area contributed by atoms with Crippen molar-refractivity contribution in [1.29, 1.82) is 0 Å². The van der Waals surface area contributed by atoms with Crippen LogP contribution >= 0.6 is 11.3 Å². The Bertz CT molecular complexity index is 592. The molecule has 1 saturated heterocycles. The molecule has 18 heavy (non-hydrogen) atoms. The van der Waals surface area contributed by atoms with Gasteiger partial charge in [-0.15, -0.1) is 11.3 Å². The minimum absolute atomic E-state index is 0.0161. The number of likely N-dealkylation sites (tertiary alicyclic amines) is 1. The minimum Gasteiger partial charge on any atom is -0.337 e. The van der Waals surface area contributed by atoms with E-state index in [1.165, 1.54) is 15.6 Å².